The quantitative estimate of drug-likeness (QED) is 0.263. The van der Waals surface area contributed by atoms with Crippen molar-refractivity contribution in [1.82, 2.24) is 0 Å². The molecule has 0 radical (unpaired) electrons. The van der Waals surface area contributed by atoms with E-state index in [1.165, 1.54) is 36.4 Å². The summed E-state index contributed by atoms with van der Waals surface area (Å²) in [6, 6.07) is 10.8. The molecule has 156 valence electrons. The summed E-state index contributed by atoms with van der Waals surface area (Å²) in [5.41, 5.74) is -1.20. The van der Waals surface area contributed by atoms with E-state index in [0.717, 1.165) is 23.5 Å². The Hall–Kier alpha value is -2.55. The Bertz CT molecular complexity index is 1140. The summed E-state index contributed by atoms with van der Waals surface area (Å²) in [6.45, 7) is 0. The average molecular weight is 475 g/mol. The van der Waals surface area contributed by atoms with Crippen molar-refractivity contribution in [2.45, 2.75) is 6.18 Å². The van der Waals surface area contributed by atoms with Gasteiger partial charge in [-0.3, -0.25) is 5.41 Å². The lowest BCUT2D eigenvalue weighted by molar-refractivity contribution is -0.0583. The summed E-state index contributed by atoms with van der Waals surface area (Å²) in [6.07, 6.45) is -4.23. The number of benzene rings is 2. The minimum absolute atomic E-state index is 0.0614. The number of rotatable bonds is 5. The zero-order valence-electron chi connectivity index (χ0n) is 14.8. The fourth-order valence-electron chi connectivity index (χ4n) is 2.47. The van der Waals surface area contributed by atoms with Crippen molar-refractivity contribution in [2.24, 2.45) is 0 Å². The van der Waals surface area contributed by atoms with E-state index >= 15 is 0 Å². The average Bonchev–Trinajstić information content (AvgIpc) is 3.15. The molecular weight excluding hydrogens is 463 g/mol. The standard InChI is InChI=1S/C20H12Cl2F4N2OS/c21-10-1-3-13(22)14(7-10)28-15(9-19(27)20(24,25)26)18-6-5-17(30-18)12-8-11(23)2-4-16(12)29/h1-9,27-29H/b15-9-,27-19?. The summed E-state index contributed by atoms with van der Waals surface area (Å²) in [4.78, 5) is 0.726. The van der Waals surface area contributed by atoms with E-state index in [0.29, 0.717) is 20.9 Å². The number of nitrogens with one attached hydrogen (secondary N) is 2. The molecule has 0 amide bonds. The highest BCUT2D eigenvalue weighted by atomic mass is 35.5. The van der Waals surface area contributed by atoms with Gasteiger partial charge in [-0.2, -0.15) is 13.2 Å². The van der Waals surface area contributed by atoms with Crippen LogP contribution in [0.15, 0.2) is 54.6 Å². The second-order valence-corrected chi connectivity index (χ2v) is 7.97. The Kier molecular flexibility index (Phi) is 6.40. The lowest BCUT2D eigenvalue weighted by Gasteiger charge is -2.13. The van der Waals surface area contributed by atoms with Gasteiger partial charge in [0.25, 0.3) is 0 Å². The van der Waals surface area contributed by atoms with Crippen LogP contribution in [0.5, 0.6) is 5.75 Å². The topological polar surface area (TPSA) is 56.1 Å². The predicted molar refractivity (Wildman–Crippen MR) is 113 cm³/mol. The molecule has 0 saturated heterocycles. The smallest absolute Gasteiger partial charge is 0.432 e. The lowest BCUT2D eigenvalue weighted by Crippen LogP contribution is -2.20. The molecule has 0 aliphatic rings. The second kappa shape index (κ2) is 8.67. The fraction of sp³-hybridized carbons (Fsp3) is 0.0500. The van der Waals surface area contributed by atoms with E-state index in [2.05, 4.69) is 5.32 Å². The molecule has 0 bridgehead atoms. The fourth-order valence-corrected chi connectivity index (χ4v) is 3.81. The van der Waals surface area contributed by atoms with Crippen LogP contribution in [-0.2, 0) is 0 Å². The number of anilines is 1. The normalized spacial score (nSPS) is 12.1. The molecule has 30 heavy (non-hydrogen) atoms. The third-order valence-corrected chi connectivity index (χ3v) is 5.60. The highest BCUT2D eigenvalue weighted by Crippen LogP contribution is 2.38. The minimum atomic E-state index is -4.86. The first-order valence-corrected chi connectivity index (χ1v) is 9.80. The second-order valence-electron chi connectivity index (χ2n) is 6.04. The molecule has 3 aromatic rings. The van der Waals surface area contributed by atoms with E-state index in [1.807, 2.05) is 0 Å². The van der Waals surface area contributed by atoms with E-state index < -0.39 is 17.7 Å². The van der Waals surface area contributed by atoms with Crippen molar-refractivity contribution in [1.29, 1.82) is 5.41 Å². The Morgan fingerprint density at radius 2 is 1.80 bits per heavy atom. The van der Waals surface area contributed by atoms with Gasteiger partial charge in [0.05, 0.1) is 21.3 Å². The first kappa shape index (κ1) is 22.1. The van der Waals surface area contributed by atoms with Crippen LogP contribution in [0.4, 0.5) is 23.2 Å². The molecule has 3 N–H and O–H groups in total. The molecule has 3 nitrogen and oxygen atoms in total. The highest BCUT2D eigenvalue weighted by molar-refractivity contribution is 7.16. The zero-order valence-corrected chi connectivity index (χ0v) is 17.1. The molecule has 0 atom stereocenters. The van der Waals surface area contributed by atoms with Gasteiger partial charge in [0, 0.05) is 15.5 Å². The van der Waals surface area contributed by atoms with Gasteiger partial charge >= 0.3 is 6.18 Å². The van der Waals surface area contributed by atoms with Crippen molar-refractivity contribution in [3.63, 3.8) is 0 Å². The molecule has 1 aromatic heterocycles. The third kappa shape index (κ3) is 5.13. The van der Waals surface area contributed by atoms with Crippen LogP contribution in [0.2, 0.25) is 10.0 Å². The minimum Gasteiger partial charge on any atom is -0.507 e. The van der Waals surface area contributed by atoms with Gasteiger partial charge in [-0.05, 0) is 54.6 Å². The maximum Gasteiger partial charge on any atom is 0.432 e. The number of hydrogen-bond acceptors (Lipinski definition) is 4. The Balaban J connectivity index is 2.06. The van der Waals surface area contributed by atoms with Gasteiger partial charge in [-0.15, -0.1) is 11.3 Å². The van der Waals surface area contributed by atoms with E-state index in [1.54, 1.807) is 0 Å². The zero-order chi connectivity index (χ0) is 22.1. The van der Waals surface area contributed by atoms with Crippen molar-refractivity contribution < 1.29 is 22.7 Å². The number of aromatic hydroxyl groups is 1. The first-order valence-electron chi connectivity index (χ1n) is 8.23. The van der Waals surface area contributed by atoms with Crippen molar-refractivity contribution in [2.75, 3.05) is 5.32 Å². The van der Waals surface area contributed by atoms with Crippen LogP contribution in [0, 0.1) is 11.2 Å². The molecule has 2 aromatic carbocycles. The molecule has 0 spiro atoms. The van der Waals surface area contributed by atoms with Gasteiger partial charge in [-0.1, -0.05) is 23.2 Å². The van der Waals surface area contributed by atoms with Gasteiger partial charge < -0.3 is 10.4 Å². The van der Waals surface area contributed by atoms with E-state index in [4.69, 9.17) is 28.6 Å². The maximum atomic E-state index is 13.6. The largest absolute Gasteiger partial charge is 0.507 e. The molecular formula is C20H12Cl2F4N2OS. The molecule has 1 heterocycles. The molecule has 0 saturated carbocycles. The summed E-state index contributed by atoms with van der Waals surface area (Å²) in [7, 11) is 0. The number of phenolic OH excluding ortho intramolecular Hbond substituents is 1. The van der Waals surface area contributed by atoms with Crippen LogP contribution in [0.1, 0.15) is 4.88 Å². The van der Waals surface area contributed by atoms with Crippen LogP contribution >= 0.6 is 34.5 Å². The number of phenols is 1. The molecule has 0 aliphatic heterocycles. The molecule has 0 unspecified atom stereocenters. The summed E-state index contributed by atoms with van der Waals surface area (Å²) < 4.78 is 52.4. The van der Waals surface area contributed by atoms with E-state index in [9.17, 15) is 22.7 Å². The predicted octanol–water partition coefficient (Wildman–Crippen LogP) is 7.60. The third-order valence-electron chi connectivity index (χ3n) is 3.89. The summed E-state index contributed by atoms with van der Waals surface area (Å²) in [5.74, 6) is -0.750. The van der Waals surface area contributed by atoms with Gasteiger partial charge in [-0.25, -0.2) is 4.39 Å². The molecule has 0 aliphatic carbocycles. The van der Waals surface area contributed by atoms with Crippen LogP contribution < -0.4 is 5.32 Å². The maximum absolute atomic E-state index is 13.6. The molecule has 10 heteroatoms. The van der Waals surface area contributed by atoms with Gasteiger partial charge in [0.15, 0.2) is 0 Å². The van der Waals surface area contributed by atoms with Crippen molar-refractivity contribution in [3.05, 3.63) is 75.3 Å². The number of hydrogen-bond donors (Lipinski definition) is 3. The van der Waals surface area contributed by atoms with Crippen LogP contribution in [0.25, 0.3) is 16.1 Å². The van der Waals surface area contributed by atoms with Crippen LogP contribution in [-0.4, -0.2) is 17.0 Å². The monoisotopic (exact) mass is 474 g/mol. The number of halogens is 6. The van der Waals surface area contributed by atoms with E-state index in [-0.39, 0.29) is 27.7 Å². The number of thiophene rings is 1. The molecule has 3 rings (SSSR count). The summed E-state index contributed by atoms with van der Waals surface area (Å²) >= 11 is 13.0. The Labute approximate surface area is 182 Å². The van der Waals surface area contributed by atoms with Crippen molar-refractivity contribution in [3.8, 4) is 16.2 Å². The molecule has 0 fully saturated rings. The lowest BCUT2D eigenvalue weighted by atomic mass is 10.1. The van der Waals surface area contributed by atoms with Crippen LogP contribution in [0.3, 0.4) is 0 Å². The summed E-state index contributed by atoms with van der Waals surface area (Å²) in [5, 5.41) is 20.6. The SMILES string of the molecule is N=C(/C=C(\Nc1cc(Cl)ccc1Cl)c1ccc(-c2cc(F)ccc2O)s1)C(F)(F)F. The van der Waals surface area contributed by atoms with Gasteiger partial charge in [0.1, 0.15) is 17.3 Å². The first-order chi connectivity index (χ1) is 14.0. The van der Waals surface area contributed by atoms with Crippen molar-refractivity contribution >= 4 is 51.6 Å². The highest BCUT2D eigenvalue weighted by Gasteiger charge is 2.33. The number of allylic oxidation sites excluding steroid dienone is 1. The van der Waals surface area contributed by atoms with Gasteiger partial charge in [0.2, 0.25) is 0 Å². The Morgan fingerprint density at radius 1 is 1.07 bits per heavy atom. The number of alkyl halides is 3. The Morgan fingerprint density at radius 3 is 2.50 bits per heavy atom.